The molecule has 0 spiro atoms. The maximum absolute atomic E-state index is 5.18. The summed E-state index contributed by atoms with van der Waals surface area (Å²) in [5.41, 5.74) is 5.18. The number of hydrogen-bond donors (Lipinski definition) is 1. The Bertz CT molecular complexity index is 54.9. The fraction of sp³-hybridized carbons (Fsp3) is 1.00. The van der Waals surface area contributed by atoms with Gasteiger partial charge in [-0.15, -0.1) is 0 Å². The first-order valence-electron chi connectivity index (χ1n) is 2.37. The van der Waals surface area contributed by atoms with Crippen LogP contribution in [0.1, 0.15) is 0 Å². The molecule has 1 aliphatic rings. The number of nitrogens with two attached hydrogens (primary N) is 1. The summed E-state index contributed by atoms with van der Waals surface area (Å²) in [6, 6.07) is 0. The second-order valence-corrected chi connectivity index (χ2v) is 1.41. The molecule has 0 aromatic heterocycles. The molecule has 0 aliphatic carbocycles. The topological polar surface area (TPSA) is 44.5 Å². The first kappa shape index (κ1) is 5.09. The average Bonchev–Trinajstić information content (AvgIpc) is 2.14. The van der Waals surface area contributed by atoms with Crippen molar-refractivity contribution in [2.24, 2.45) is 5.64 Å². The quantitative estimate of drug-likeness (QED) is 0.414. The van der Waals surface area contributed by atoms with Crippen LogP contribution in [0.15, 0.2) is 0 Å². The summed E-state index contributed by atoms with van der Waals surface area (Å²) in [4.78, 5) is 0. The summed E-state index contributed by atoms with van der Waals surface area (Å²) in [5, 5.41) is 0. The summed E-state index contributed by atoms with van der Waals surface area (Å²) < 4.78 is 9.91. The molecule has 3 nitrogen and oxygen atoms in total. The average molecular weight is 101 g/mol. The van der Waals surface area contributed by atoms with Crippen LogP contribution in [0.4, 0.5) is 0 Å². The van der Waals surface area contributed by atoms with Crippen LogP contribution in [-0.4, -0.2) is 26.8 Å². The lowest BCUT2D eigenvalue weighted by molar-refractivity contribution is 0.0237. The minimum absolute atomic E-state index is 0.125. The van der Waals surface area contributed by atoms with E-state index in [2.05, 4.69) is 0 Å². The van der Waals surface area contributed by atoms with Gasteiger partial charge in [0.05, 0.1) is 13.2 Å². The Morgan fingerprint density at radius 3 is 2.29 bits per heavy atom. The van der Waals surface area contributed by atoms with Crippen molar-refractivity contribution in [2.75, 3.05) is 13.2 Å². The van der Waals surface area contributed by atoms with Gasteiger partial charge in [-0.2, -0.15) is 0 Å². The van der Waals surface area contributed by atoms with Crippen molar-refractivity contribution < 1.29 is 9.47 Å². The molecule has 0 unspecified atom stereocenters. The molecule has 0 saturated carbocycles. The normalized spacial score (nSPS) is 23.0. The molecule has 0 atom stereocenters. The zero-order chi connectivity index (χ0) is 5.11. The van der Waals surface area contributed by atoms with Gasteiger partial charge >= 0.3 is 0 Å². The van der Waals surface area contributed by atoms with E-state index in [1.165, 1.54) is 0 Å². The predicted molar refractivity (Wildman–Crippen MR) is 27.0 cm³/mol. The first-order chi connectivity index (χ1) is 3.43. The van der Waals surface area contributed by atoms with E-state index < -0.39 is 0 Å². The standard InChI is InChI=1S/C3H8BNO2/c5-4-3-6-1-2-7-3/h3-4H,1-2,5H2. The fourth-order valence-corrected chi connectivity index (χ4v) is 0.543. The molecule has 2 N–H and O–H groups in total. The molecule has 4 heteroatoms. The smallest absolute Gasteiger partial charge is 0.267 e. The largest absolute Gasteiger partial charge is 0.369 e. The third-order valence-electron chi connectivity index (χ3n) is 0.883. The van der Waals surface area contributed by atoms with E-state index in [9.17, 15) is 0 Å². The van der Waals surface area contributed by atoms with Gasteiger partial charge in [0.25, 0.3) is 7.41 Å². The van der Waals surface area contributed by atoms with E-state index in [4.69, 9.17) is 15.1 Å². The third-order valence-corrected chi connectivity index (χ3v) is 0.883. The van der Waals surface area contributed by atoms with Crippen LogP contribution in [0.25, 0.3) is 0 Å². The van der Waals surface area contributed by atoms with E-state index in [0.717, 1.165) is 0 Å². The number of hydrogen-bond acceptors (Lipinski definition) is 3. The van der Waals surface area contributed by atoms with Gasteiger partial charge in [0.1, 0.15) is 6.19 Å². The first-order valence-corrected chi connectivity index (χ1v) is 2.37. The Morgan fingerprint density at radius 2 is 2.00 bits per heavy atom. The van der Waals surface area contributed by atoms with Crippen molar-refractivity contribution in [2.45, 2.75) is 6.19 Å². The highest BCUT2D eigenvalue weighted by atomic mass is 16.7. The van der Waals surface area contributed by atoms with Crippen molar-refractivity contribution in [1.82, 2.24) is 0 Å². The fourth-order valence-electron chi connectivity index (χ4n) is 0.543. The van der Waals surface area contributed by atoms with Crippen molar-refractivity contribution in [3.63, 3.8) is 0 Å². The molecular weight excluding hydrogens is 92.8 g/mol. The molecule has 0 radical (unpaired) electrons. The van der Waals surface area contributed by atoms with E-state index in [0.29, 0.717) is 20.6 Å². The monoisotopic (exact) mass is 101 g/mol. The van der Waals surface area contributed by atoms with Crippen LogP contribution in [0, 0.1) is 0 Å². The van der Waals surface area contributed by atoms with Crippen LogP contribution in [0.3, 0.4) is 0 Å². The van der Waals surface area contributed by atoms with Crippen LogP contribution >= 0.6 is 0 Å². The van der Waals surface area contributed by atoms with Crippen molar-refractivity contribution in [3.05, 3.63) is 0 Å². The van der Waals surface area contributed by atoms with Gasteiger partial charge in [-0.1, -0.05) is 0 Å². The van der Waals surface area contributed by atoms with E-state index in [1.807, 2.05) is 0 Å². The minimum Gasteiger partial charge on any atom is -0.369 e. The molecule has 40 valence electrons. The second-order valence-electron chi connectivity index (χ2n) is 1.41. The van der Waals surface area contributed by atoms with Gasteiger partial charge in [0.15, 0.2) is 0 Å². The summed E-state index contributed by atoms with van der Waals surface area (Å²) in [6.45, 7) is 1.39. The Morgan fingerprint density at radius 1 is 1.43 bits per heavy atom. The highest BCUT2D eigenvalue weighted by Crippen LogP contribution is 1.97. The van der Waals surface area contributed by atoms with Gasteiger partial charge in [0, 0.05) is 0 Å². The van der Waals surface area contributed by atoms with E-state index >= 15 is 0 Å². The van der Waals surface area contributed by atoms with E-state index in [1.54, 1.807) is 0 Å². The zero-order valence-electron chi connectivity index (χ0n) is 4.09. The lowest BCUT2D eigenvalue weighted by Crippen LogP contribution is -2.24. The van der Waals surface area contributed by atoms with Gasteiger partial charge < -0.3 is 15.1 Å². The summed E-state index contributed by atoms with van der Waals surface area (Å²) in [6.07, 6.45) is -0.125. The molecule has 0 bridgehead atoms. The number of rotatable bonds is 1. The SMILES string of the molecule is NBC1OCCO1. The summed E-state index contributed by atoms with van der Waals surface area (Å²) in [7, 11) is 0.472. The van der Waals surface area contributed by atoms with Crippen LogP contribution in [-0.2, 0) is 9.47 Å². The van der Waals surface area contributed by atoms with E-state index in [-0.39, 0.29) is 6.19 Å². The number of ether oxygens (including phenoxy) is 2. The molecule has 1 saturated heterocycles. The minimum atomic E-state index is -0.125. The molecule has 1 heterocycles. The molecule has 0 aromatic rings. The predicted octanol–water partition coefficient (Wildman–Crippen LogP) is -1.37. The van der Waals surface area contributed by atoms with Gasteiger partial charge in [0.2, 0.25) is 0 Å². The Balaban J connectivity index is 2.14. The summed E-state index contributed by atoms with van der Waals surface area (Å²) in [5.74, 6) is 0. The molecule has 1 rings (SSSR count). The second kappa shape index (κ2) is 2.30. The highest BCUT2D eigenvalue weighted by molar-refractivity contribution is 6.32. The van der Waals surface area contributed by atoms with Crippen molar-refractivity contribution in [3.8, 4) is 0 Å². The van der Waals surface area contributed by atoms with Crippen LogP contribution < -0.4 is 5.64 Å². The molecule has 1 fully saturated rings. The Hall–Kier alpha value is -0.0551. The molecule has 0 aromatic carbocycles. The molecule has 7 heavy (non-hydrogen) atoms. The maximum Gasteiger partial charge on any atom is 0.267 e. The third kappa shape index (κ3) is 1.16. The lowest BCUT2D eigenvalue weighted by Gasteiger charge is -1.99. The zero-order valence-corrected chi connectivity index (χ0v) is 4.09. The van der Waals surface area contributed by atoms with Gasteiger partial charge in [-0.3, -0.25) is 0 Å². The maximum atomic E-state index is 5.18. The Labute approximate surface area is 43.0 Å². The van der Waals surface area contributed by atoms with Gasteiger partial charge in [-0.05, 0) is 0 Å². The van der Waals surface area contributed by atoms with Crippen LogP contribution in [0.5, 0.6) is 0 Å². The van der Waals surface area contributed by atoms with Crippen molar-refractivity contribution in [1.29, 1.82) is 0 Å². The van der Waals surface area contributed by atoms with Crippen molar-refractivity contribution >= 4 is 7.41 Å². The Kier molecular flexibility index (Phi) is 1.67. The molecule has 1 aliphatic heterocycles. The lowest BCUT2D eigenvalue weighted by atomic mass is 9.97. The van der Waals surface area contributed by atoms with Gasteiger partial charge in [-0.25, -0.2) is 0 Å². The van der Waals surface area contributed by atoms with Crippen LogP contribution in [0.2, 0.25) is 0 Å². The summed E-state index contributed by atoms with van der Waals surface area (Å²) >= 11 is 0. The molecule has 0 amide bonds. The molecular formula is C3H8BNO2. The highest BCUT2D eigenvalue weighted by Gasteiger charge is 2.13.